The highest BCUT2D eigenvalue weighted by Crippen LogP contribution is 2.34. The lowest BCUT2D eigenvalue weighted by molar-refractivity contribution is 0.390. The monoisotopic (exact) mass is 443 g/mol. The number of hydrogen-bond acceptors (Lipinski definition) is 4. The van der Waals surface area contributed by atoms with Gasteiger partial charge in [-0.05, 0) is 72.4 Å². The molecule has 1 aliphatic rings. The molecule has 3 aromatic rings. The minimum absolute atomic E-state index is 0.199. The predicted octanol–water partition coefficient (Wildman–Crippen LogP) is 5.98. The Morgan fingerprint density at radius 2 is 1.18 bits per heavy atom. The van der Waals surface area contributed by atoms with Crippen molar-refractivity contribution in [2.75, 3.05) is 56.5 Å². The van der Waals surface area contributed by atoms with Crippen LogP contribution in [0.2, 0.25) is 0 Å². The average Bonchev–Trinajstić information content (AvgIpc) is 3.65. The molecular formula is C29H37N3O. The van der Waals surface area contributed by atoms with Crippen LogP contribution in [0.25, 0.3) is 0 Å². The van der Waals surface area contributed by atoms with E-state index in [2.05, 4.69) is 116 Å². The fourth-order valence-corrected chi connectivity index (χ4v) is 4.27. The Labute approximate surface area is 199 Å². The van der Waals surface area contributed by atoms with E-state index in [1.807, 2.05) is 0 Å². The normalized spacial score (nSPS) is 14.9. The molecule has 0 radical (unpaired) electrons. The van der Waals surface area contributed by atoms with Gasteiger partial charge < -0.3 is 19.9 Å². The van der Waals surface area contributed by atoms with Crippen LogP contribution >= 0.6 is 0 Å². The quantitative estimate of drug-likeness (QED) is 0.224. The van der Waals surface area contributed by atoms with Crippen molar-refractivity contribution in [1.29, 1.82) is 0 Å². The van der Waals surface area contributed by atoms with E-state index in [1.165, 1.54) is 53.0 Å². The molecule has 3 aromatic carbocycles. The topological polar surface area (TPSA) is 31.0 Å². The zero-order valence-electron chi connectivity index (χ0n) is 20.4. The number of epoxide rings is 1. The lowest BCUT2D eigenvalue weighted by Crippen LogP contribution is -2.10. The zero-order valence-corrected chi connectivity index (χ0v) is 20.4. The Morgan fingerprint density at radius 1 is 0.727 bits per heavy atom. The van der Waals surface area contributed by atoms with Gasteiger partial charge in [-0.1, -0.05) is 36.4 Å². The molecule has 1 heterocycles. The van der Waals surface area contributed by atoms with E-state index < -0.39 is 0 Å². The van der Waals surface area contributed by atoms with Crippen LogP contribution in [-0.4, -0.2) is 47.4 Å². The summed E-state index contributed by atoms with van der Waals surface area (Å²) in [6.45, 7) is 1.97. The van der Waals surface area contributed by atoms with Crippen molar-refractivity contribution in [3.05, 3.63) is 89.5 Å². The Morgan fingerprint density at radius 3 is 1.61 bits per heavy atom. The summed E-state index contributed by atoms with van der Waals surface area (Å²) in [5.74, 6) is 0.199. The number of ether oxygens (including phenoxy) is 1. The first-order valence-electron chi connectivity index (χ1n) is 12.0. The van der Waals surface area contributed by atoms with E-state index in [-0.39, 0.29) is 5.92 Å². The third-order valence-electron chi connectivity index (χ3n) is 6.41. The van der Waals surface area contributed by atoms with Crippen LogP contribution in [0.1, 0.15) is 41.9 Å². The van der Waals surface area contributed by atoms with Crippen LogP contribution in [0, 0.1) is 0 Å². The molecule has 4 heteroatoms. The van der Waals surface area contributed by atoms with E-state index in [0.717, 1.165) is 13.2 Å². The lowest BCUT2D eigenvalue weighted by atomic mass is 9.85. The van der Waals surface area contributed by atoms with Crippen molar-refractivity contribution in [3.8, 4) is 0 Å². The van der Waals surface area contributed by atoms with Crippen LogP contribution in [0.4, 0.5) is 17.1 Å². The number of hydrogen-bond donors (Lipinski definition) is 1. The third kappa shape index (κ3) is 6.29. The molecule has 0 aromatic heterocycles. The second-order valence-corrected chi connectivity index (χ2v) is 9.40. The van der Waals surface area contributed by atoms with Crippen molar-refractivity contribution in [2.45, 2.75) is 31.3 Å². The molecule has 1 atom stereocenters. The maximum Gasteiger partial charge on any atom is 0.0810 e. The molecule has 4 rings (SSSR count). The van der Waals surface area contributed by atoms with Crippen molar-refractivity contribution in [1.82, 2.24) is 0 Å². The minimum Gasteiger partial charge on any atom is -0.385 e. The van der Waals surface area contributed by atoms with Crippen molar-refractivity contribution < 1.29 is 4.74 Å². The summed E-state index contributed by atoms with van der Waals surface area (Å²) in [6.07, 6.45) is 4.14. The highest BCUT2D eigenvalue weighted by atomic mass is 16.6. The first-order chi connectivity index (χ1) is 16.0. The zero-order chi connectivity index (χ0) is 23.2. The molecule has 4 nitrogen and oxygen atoms in total. The van der Waals surface area contributed by atoms with E-state index in [0.29, 0.717) is 6.10 Å². The largest absolute Gasteiger partial charge is 0.385 e. The van der Waals surface area contributed by atoms with Gasteiger partial charge in [-0.15, -0.1) is 0 Å². The average molecular weight is 444 g/mol. The van der Waals surface area contributed by atoms with Crippen LogP contribution in [0.5, 0.6) is 0 Å². The smallest absolute Gasteiger partial charge is 0.0810 e. The van der Waals surface area contributed by atoms with Gasteiger partial charge in [-0.3, -0.25) is 0 Å². The Kier molecular flexibility index (Phi) is 7.56. The molecule has 1 saturated heterocycles. The molecule has 1 fully saturated rings. The highest BCUT2D eigenvalue weighted by Gasteiger charge is 2.21. The molecule has 0 aliphatic carbocycles. The molecule has 0 amide bonds. The van der Waals surface area contributed by atoms with Gasteiger partial charge in [0.25, 0.3) is 0 Å². The summed E-state index contributed by atoms with van der Waals surface area (Å²) in [6, 6.07) is 26.8. The Hall–Kier alpha value is -2.98. The fraction of sp³-hybridized carbons (Fsp3) is 0.379. The fourth-order valence-electron chi connectivity index (χ4n) is 4.27. The molecule has 1 unspecified atom stereocenters. The number of nitrogens with one attached hydrogen (secondary N) is 1. The second kappa shape index (κ2) is 10.8. The SMILES string of the molecule is CN(C)c1ccc(C(c2ccc(NCCCCC3CO3)cc2)c2ccc(N(C)C)cc2)cc1. The summed E-state index contributed by atoms with van der Waals surface area (Å²) in [5.41, 5.74) is 7.54. The van der Waals surface area contributed by atoms with Gasteiger partial charge in [-0.2, -0.15) is 0 Å². The summed E-state index contributed by atoms with van der Waals surface area (Å²) in [7, 11) is 8.33. The maximum atomic E-state index is 5.29. The number of rotatable bonds is 11. The van der Waals surface area contributed by atoms with Crippen LogP contribution in [-0.2, 0) is 4.74 Å². The molecular weight excluding hydrogens is 406 g/mol. The summed E-state index contributed by atoms with van der Waals surface area (Å²) < 4.78 is 5.29. The number of benzene rings is 3. The van der Waals surface area contributed by atoms with E-state index in [1.54, 1.807) is 0 Å². The molecule has 174 valence electrons. The number of nitrogens with zero attached hydrogens (tertiary/aromatic N) is 2. The maximum absolute atomic E-state index is 5.29. The molecule has 0 bridgehead atoms. The number of unbranched alkanes of at least 4 members (excludes halogenated alkanes) is 1. The molecule has 0 spiro atoms. The Balaban J connectivity index is 1.51. The Bertz CT molecular complexity index is 939. The van der Waals surface area contributed by atoms with E-state index in [9.17, 15) is 0 Å². The van der Waals surface area contributed by atoms with Crippen molar-refractivity contribution in [2.24, 2.45) is 0 Å². The first kappa shape index (κ1) is 23.2. The van der Waals surface area contributed by atoms with Gasteiger partial charge >= 0.3 is 0 Å². The molecule has 1 aliphatic heterocycles. The third-order valence-corrected chi connectivity index (χ3v) is 6.41. The number of anilines is 3. The first-order valence-corrected chi connectivity index (χ1v) is 12.0. The minimum atomic E-state index is 0.199. The van der Waals surface area contributed by atoms with E-state index >= 15 is 0 Å². The van der Waals surface area contributed by atoms with Gasteiger partial charge in [0.1, 0.15) is 0 Å². The van der Waals surface area contributed by atoms with Crippen LogP contribution in [0.3, 0.4) is 0 Å². The molecule has 0 saturated carbocycles. The molecule has 33 heavy (non-hydrogen) atoms. The standard InChI is InChI=1S/C29H37N3O/c1-31(2)26-16-10-23(11-17-26)29(24-12-18-27(19-13-24)32(3)4)22-8-14-25(15-9-22)30-20-6-5-7-28-21-33-28/h8-19,28-30H,5-7,20-21H2,1-4H3. The van der Waals surface area contributed by atoms with Gasteiger partial charge in [0.2, 0.25) is 0 Å². The highest BCUT2D eigenvalue weighted by molar-refractivity contribution is 5.55. The molecule has 1 N–H and O–H groups in total. The van der Waals surface area contributed by atoms with Crippen molar-refractivity contribution in [3.63, 3.8) is 0 Å². The van der Waals surface area contributed by atoms with Gasteiger partial charge in [-0.25, -0.2) is 0 Å². The van der Waals surface area contributed by atoms with Crippen LogP contribution in [0.15, 0.2) is 72.8 Å². The lowest BCUT2D eigenvalue weighted by Gasteiger charge is -2.22. The summed E-state index contributed by atoms with van der Waals surface area (Å²) in [5, 5.41) is 3.57. The predicted molar refractivity (Wildman–Crippen MR) is 141 cm³/mol. The van der Waals surface area contributed by atoms with Crippen LogP contribution < -0.4 is 15.1 Å². The van der Waals surface area contributed by atoms with Crippen molar-refractivity contribution >= 4 is 17.1 Å². The van der Waals surface area contributed by atoms with Gasteiger partial charge in [0, 0.05) is 57.7 Å². The van der Waals surface area contributed by atoms with Gasteiger partial charge in [0.15, 0.2) is 0 Å². The van der Waals surface area contributed by atoms with Gasteiger partial charge in [0.05, 0.1) is 12.7 Å². The summed E-state index contributed by atoms with van der Waals surface area (Å²) in [4.78, 5) is 4.28. The second-order valence-electron chi connectivity index (χ2n) is 9.40. The van der Waals surface area contributed by atoms with E-state index in [4.69, 9.17) is 4.74 Å². The summed E-state index contributed by atoms with van der Waals surface area (Å²) >= 11 is 0.